The van der Waals surface area contributed by atoms with Crippen LogP contribution in [0.1, 0.15) is 17.0 Å². The van der Waals surface area contributed by atoms with Crippen LogP contribution in [0.15, 0.2) is 57.9 Å². The molecule has 0 spiro atoms. The van der Waals surface area contributed by atoms with Gasteiger partial charge < -0.3 is 4.52 Å². The molecule has 7 heteroatoms. The summed E-state index contributed by atoms with van der Waals surface area (Å²) in [5.74, 6) is 1.04. The van der Waals surface area contributed by atoms with E-state index in [1.165, 1.54) is 4.31 Å². The molecule has 2 aromatic carbocycles. The van der Waals surface area contributed by atoms with Crippen LogP contribution in [0, 0.1) is 6.92 Å². The zero-order valence-corrected chi connectivity index (χ0v) is 13.8. The Morgan fingerprint density at radius 1 is 1.12 bits per heavy atom. The second-order valence-corrected chi connectivity index (χ2v) is 7.62. The molecule has 0 atom stereocenters. The number of benzene rings is 2. The highest BCUT2D eigenvalue weighted by molar-refractivity contribution is 7.89. The molecule has 0 N–H and O–H groups in total. The summed E-state index contributed by atoms with van der Waals surface area (Å²) >= 11 is 0. The van der Waals surface area contributed by atoms with Gasteiger partial charge in [0.2, 0.25) is 21.7 Å². The molecule has 0 unspecified atom stereocenters. The minimum atomic E-state index is -3.41. The van der Waals surface area contributed by atoms with Crippen LogP contribution in [0.5, 0.6) is 0 Å². The van der Waals surface area contributed by atoms with Crippen molar-refractivity contribution in [3.63, 3.8) is 0 Å². The van der Waals surface area contributed by atoms with Gasteiger partial charge in [0.15, 0.2) is 0 Å². The Morgan fingerprint density at radius 3 is 2.54 bits per heavy atom. The van der Waals surface area contributed by atoms with E-state index in [9.17, 15) is 8.42 Å². The summed E-state index contributed by atoms with van der Waals surface area (Å²) in [5.41, 5.74) is 2.59. The van der Waals surface area contributed by atoms with E-state index in [1.54, 1.807) is 19.1 Å². The van der Waals surface area contributed by atoms with Crippen LogP contribution in [0.4, 0.5) is 0 Å². The third kappa shape index (κ3) is 2.51. The van der Waals surface area contributed by atoms with Crippen molar-refractivity contribution in [2.75, 3.05) is 0 Å². The van der Waals surface area contributed by atoms with Crippen molar-refractivity contribution in [3.05, 3.63) is 65.5 Å². The highest BCUT2D eigenvalue weighted by Gasteiger charge is 2.33. The lowest BCUT2D eigenvalue weighted by Crippen LogP contribution is -2.23. The molecule has 3 aromatic rings. The predicted molar refractivity (Wildman–Crippen MR) is 87.3 cm³/mol. The number of fused-ring (bicyclic) bond motifs is 1. The molecule has 1 aliphatic heterocycles. The number of aryl methyl sites for hydroxylation is 1. The van der Waals surface area contributed by atoms with Crippen LogP contribution in [-0.2, 0) is 23.1 Å². The van der Waals surface area contributed by atoms with Crippen LogP contribution < -0.4 is 0 Å². The average Bonchev–Trinajstić information content (AvgIpc) is 3.11. The van der Waals surface area contributed by atoms with Gasteiger partial charge in [0.05, 0.1) is 4.90 Å². The maximum atomic E-state index is 12.6. The molecule has 0 saturated carbocycles. The number of hydrogen-bond acceptors (Lipinski definition) is 5. The van der Waals surface area contributed by atoms with Gasteiger partial charge in [-0.1, -0.05) is 47.6 Å². The van der Waals surface area contributed by atoms with E-state index in [-0.39, 0.29) is 0 Å². The Balaban J connectivity index is 1.57. The Labute approximate surface area is 139 Å². The second-order valence-electron chi connectivity index (χ2n) is 5.71. The number of aromatic nitrogens is 2. The van der Waals surface area contributed by atoms with Crippen molar-refractivity contribution in [3.8, 4) is 11.4 Å². The largest absolute Gasteiger partial charge is 0.339 e. The summed E-state index contributed by atoms with van der Waals surface area (Å²) in [4.78, 5) is 4.59. The fraction of sp³-hybridized carbons (Fsp3) is 0.176. The van der Waals surface area contributed by atoms with E-state index in [4.69, 9.17) is 4.52 Å². The highest BCUT2D eigenvalue weighted by atomic mass is 32.2. The first kappa shape index (κ1) is 15.0. The van der Waals surface area contributed by atoms with Gasteiger partial charge in [-0.05, 0) is 17.2 Å². The molecule has 6 nitrogen and oxygen atoms in total. The van der Waals surface area contributed by atoms with Gasteiger partial charge in [0, 0.05) is 25.6 Å². The molecule has 0 saturated heterocycles. The van der Waals surface area contributed by atoms with E-state index in [2.05, 4.69) is 10.1 Å². The van der Waals surface area contributed by atoms with Gasteiger partial charge in [-0.15, -0.1) is 0 Å². The normalized spacial score (nSPS) is 16.2. The standard InChI is InChI=1S/C17H15N3O3S/c1-12-18-17(19-23-12)14-8-6-13(7-9-14)10-20-11-15-4-2-3-5-16(15)24(20,21)22/h2-9H,10-11H2,1H3. The van der Waals surface area contributed by atoms with Gasteiger partial charge in [-0.2, -0.15) is 9.29 Å². The van der Waals surface area contributed by atoms with Crippen LogP contribution in [0.3, 0.4) is 0 Å². The van der Waals surface area contributed by atoms with Gasteiger partial charge in [-0.25, -0.2) is 8.42 Å². The monoisotopic (exact) mass is 341 g/mol. The first-order valence-corrected chi connectivity index (χ1v) is 8.96. The lowest BCUT2D eigenvalue weighted by molar-refractivity contribution is 0.394. The quantitative estimate of drug-likeness (QED) is 0.732. The number of hydrogen-bond donors (Lipinski definition) is 0. The summed E-state index contributed by atoms with van der Waals surface area (Å²) in [6, 6.07) is 14.6. The van der Waals surface area contributed by atoms with Gasteiger partial charge >= 0.3 is 0 Å². The topological polar surface area (TPSA) is 76.3 Å². The molecule has 0 aliphatic carbocycles. The van der Waals surface area contributed by atoms with Crippen molar-refractivity contribution < 1.29 is 12.9 Å². The molecule has 4 rings (SSSR count). The number of rotatable bonds is 3. The molecule has 0 fully saturated rings. The molecule has 0 radical (unpaired) electrons. The second kappa shape index (κ2) is 5.54. The Kier molecular flexibility index (Phi) is 3.47. The molecule has 2 heterocycles. The van der Waals surface area contributed by atoms with E-state index >= 15 is 0 Å². The Hall–Kier alpha value is -2.51. The number of sulfonamides is 1. The van der Waals surface area contributed by atoms with Crippen LogP contribution in [0.2, 0.25) is 0 Å². The van der Waals surface area contributed by atoms with Crippen LogP contribution in [-0.4, -0.2) is 22.9 Å². The SMILES string of the molecule is Cc1nc(-c2ccc(CN3Cc4ccccc4S3(=O)=O)cc2)no1. The molecule has 1 aliphatic rings. The van der Waals surface area contributed by atoms with Crippen molar-refractivity contribution in [1.82, 2.24) is 14.4 Å². The molecule has 0 bridgehead atoms. The zero-order chi connectivity index (χ0) is 16.7. The smallest absolute Gasteiger partial charge is 0.244 e. The van der Waals surface area contributed by atoms with E-state index in [0.717, 1.165) is 16.7 Å². The van der Waals surface area contributed by atoms with E-state index in [1.807, 2.05) is 36.4 Å². The first-order valence-electron chi connectivity index (χ1n) is 7.52. The van der Waals surface area contributed by atoms with Gasteiger partial charge in [0.25, 0.3) is 0 Å². The van der Waals surface area contributed by atoms with Gasteiger partial charge in [-0.3, -0.25) is 0 Å². The maximum absolute atomic E-state index is 12.6. The minimum absolute atomic E-state index is 0.336. The summed E-state index contributed by atoms with van der Waals surface area (Å²) in [7, 11) is -3.41. The van der Waals surface area contributed by atoms with Crippen molar-refractivity contribution in [2.24, 2.45) is 0 Å². The van der Waals surface area contributed by atoms with E-state index < -0.39 is 10.0 Å². The summed E-state index contributed by atoms with van der Waals surface area (Å²) in [6.07, 6.45) is 0. The summed E-state index contributed by atoms with van der Waals surface area (Å²) < 4.78 is 31.6. The predicted octanol–water partition coefficient (Wildman–Crippen LogP) is 2.75. The Morgan fingerprint density at radius 2 is 1.88 bits per heavy atom. The fourth-order valence-corrected chi connectivity index (χ4v) is 4.44. The van der Waals surface area contributed by atoms with Crippen molar-refractivity contribution in [1.29, 1.82) is 0 Å². The lowest BCUT2D eigenvalue weighted by Gasteiger charge is -2.14. The molecule has 122 valence electrons. The molecule has 0 amide bonds. The fourth-order valence-electron chi connectivity index (χ4n) is 2.82. The van der Waals surface area contributed by atoms with Gasteiger partial charge in [0.1, 0.15) is 0 Å². The lowest BCUT2D eigenvalue weighted by atomic mass is 10.1. The average molecular weight is 341 g/mol. The minimum Gasteiger partial charge on any atom is -0.339 e. The molecule has 1 aromatic heterocycles. The van der Waals surface area contributed by atoms with Crippen LogP contribution in [0.25, 0.3) is 11.4 Å². The maximum Gasteiger partial charge on any atom is 0.244 e. The third-order valence-corrected chi connectivity index (χ3v) is 5.93. The first-order chi connectivity index (χ1) is 11.5. The highest BCUT2D eigenvalue weighted by Crippen LogP contribution is 2.31. The summed E-state index contributed by atoms with van der Waals surface area (Å²) in [6.45, 7) is 2.48. The summed E-state index contributed by atoms with van der Waals surface area (Å²) in [5, 5.41) is 3.88. The van der Waals surface area contributed by atoms with E-state index in [0.29, 0.717) is 29.7 Å². The number of nitrogens with zero attached hydrogens (tertiary/aromatic N) is 3. The van der Waals surface area contributed by atoms with Crippen molar-refractivity contribution in [2.45, 2.75) is 24.9 Å². The Bertz CT molecular complexity index is 994. The van der Waals surface area contributed by atoms with Crippen LogP contribution >= 0.6 is 0 Å². The molecular formula is C17H15N3O3S. The molecular weight excluding hydrogens is 326 g/mol. The third-order valence-electron chi connectivity index (χ3n) is 4.04. The molecule has 24 heavy (non-hydrogen) atoms. The van der Waals surface area contributed by atoms with Crippen molar-refractivity contribution >= 4 is 10.0 Å². The zero-order valence-electron chi connectivity index (χ0n) is 13.0.